The van der Waals surface area contributed by atoms with Gasteiger partial charge in [-0.2, -0.15) is 5.10 Å². The summed E-state index contributed by atoms with van der Waals surface area (Å²) in [5, 5.41) is 11.4. The second-order valence-electron chi connectivity index (χ2n) is 9.44. The zero-order chi connectivity index (χ0) is 25.9. The number of hydrogen-bond donors (Lipinski definition) is 2. The number of methoxy groups -OCH3 is 1. The number of nitrogens with zero attached hydrogens (tertiary/aromatic N) is 3. The third-order valence-electron chi connectivity index (χ3n) is 5.62. The van der Waals surface area contributed by atoms with Crippen molar-refractivity contribution in [1.82, 2.24) is 20.1 Å². The number of benzene rings is 2. The van der Waals surface area contributed by atoms with E-state index in [9.17, 15) is 9.59 Å². The van der Waals surface area contributed by atoms with E-state index in [4.69, 9.17) is 16.3 Å². The molecule has 2 aromatic carbocycles. The minimum absolute atomic E-state index is 0. The summed E-state index contributed by atoms with van der Waals surface area (Å²) >= 11 is 6.35. The van der Waals surface area contributed by atoms with Crippen molar-refractivity contribution in [2.45, 2.75) is 33.9 Å². The molecule has 4 rings (SSSR count). The normalized spacial score (nSPS) is 11.2. The molecule has 0 spiro atoms. The Morgan fingerprint density at radius 3 is 2.54 bits per heavy atom. The molecular formula is C27H29Cl2N5O3. The number of anilines is 1. The smallest absolute Gasteiger partial charge is 0.257 e. The molecule has 0 aliphatic heterocycles. The number of aromatic nitrogens is 3. The highest BCUT2D eigenvalue weighted by Crippen LogP contribution is 2.27. The monoisotopic (exact) mass is 541 g/mol. The number of carbonyl (C=O) groups is 2. The minimum Gasteiger partial charge on any atom is -0.378 e. The number of hydrogen-bond acceptors (Lipinski definition) is 5. The number of halogens is 2. The van der Waals surface area contributed by atoms with Gasteiger partial charge in [0.15, 0.2) is 0 Å². The molecule has 0 bridgehead atoms. The van der Waals surface area contributed by atoms with E-state index in [1.165, 1.54) is 0 Å². The second-order valence-corrected chi connectivity index (χ2v) is 9.84. The Morgan fingerprint density at radius 2 is 1.86 bits per heavy atom. The van der Waals surface area contributed by atoms with Crippen LogP contribution in [-0.4, -0.2) is 33.7 Å². The maximum Gasteiger partial charge on any atom is 0.257 e. The number of rotatable bonds is 7. The van der Waals surface area contributed by atoms with Gasteiger partial charge in [-0.25, -0.2) is 4.68 Å². The molecule has 37 heavy (non-hydrogen) atoms. The molecule has 8 nitrogen and oxygen atoms in total. The van der Waals surface area contributed by atoms with E-state index in [2.05, 4.69) is 20.7 Å². The maximum atomic E-state index is 13.2. The summed E-state index contributed by atoms with van der Waals surface area (Å²) in [5.41, 5.74) is 3.63. The Balaban J connectivity index is 0.00000380. The molecule has 194 valence electrons. The molecule has 0 atom stereocenters. The molecule has 2 aromatic heterocycles. The average molecular weight is 542 g/mol. The molecule has 0 unspecified atom stereocenters. The first-order valence-corrected chi connectivity index (χ1v) is 11.8. The molecule has 0 fully saturated rings. The highest BCUT2D eigenvalue weighted by Gasteiger charge is 2.21. The van der Waals surface area contributed by atoms with Crippen molar-refractivity contribution in [1.29, 1.82) is 0 Å². The van der Waals surface area contributed by atoms with Gasteiger partial charge in [0.1, 0.15) is 0 Å². The highest BCUT2D eigenvalue weighted by molar-refractivity contribution is 6.34. The number of nitrogens with one attached hydrogen (secondary N) is 2. The lowest BCUT2D eigenvalue weighted by atomic mass is 9.95. The Bertz CT molecular complexity index is 1410. The molecule has 2 heterocycles. The third kappa shape index (κ3) is 6.46. The van der Waals surface area contributed by atoms with Crippen molar-refractivity contribution < 1.29 is 14.3 Å². The van der Waals surface area contributed by atoms with Crippen LogP contribution < -0.4 is 10.6 Å². The SMILES string of the molecule is COCc1ccc(-n2ncc3c(NC(=O)c4cc(CNC(=O)C(C)(C)C)ccc4Cl)cccc32)cn1.Cl. The van der Waals surface area contributed by atoms with Crippen molar-refractivity contribution in [3.05, 3.63) is 82.8 Å². The molecule has 2 N–H and O–H groups in total. The topological polar surface area (TPSA) is 98.1 Å². The van der Waals surface area contributed by atoms with Gasteiger partial charge in [-0.05, 0) is 42.0 Å². The van der Waals surface area contributed by atoms with E-state index in [0.717, 1.165) is 27.8 Å². The third-order valence-corrected chi connectivity index (χ3v) is 5.95. The lowest BCUT2D eigenvalue weighted by Crippen LogP contribution is -2.34. The van der Waals surface area contributed by atoms with Crippen molar-refractivity contribution in [3.8, 4) is 5.69 Å². The Hall–Kier alpha value is -3.46. The Kier molecular flexibility index (Phi) is 8.91. The number of ether oxygens (including phenoxy) is 1. The van der Waals surface area contributed by atoms with Gasteiger partial charge in [0.25, 0.3) is 5.91 Å². The van der Waals surface area contributed by atoms with Gasteiger partial charge in [0, 0.05) is 24.5 Å². The fourth-order valence-electron chi connectivity index (χ4n) is 3.63. The van der Waals surface area contributed by atoms with Gasteiger partial charge in [-0.15, -0.1) is 12.4 Å². The predicted molar refractivity (Wildman–Crippen MR) is 148 cm³/mol. The van der Waals surface area contributed by atoms with Gasteiger partial charge >= 0.3 is 0 Å². The van der Waals surface area contributed by atoms with Crippen molar-refractivity contribution in [2.24, 2.45) is 5.41 Å². The molecule has 0 radical (unpaired) electrons. The molecule has 0 saturated heterocycles. The maximum absolute atomic E-state index is 13.2. The van der Waals surface area contributed by atoms with Crippen molar-refractivity contribution in [3.63, 3.8) is 0 Å². The molecular weight excluding hydrogens is 513 g/mol. The highest BCUT2D eigenvalue weighted by atomic mass is 35.5. The number of carbonyl (C=O) groups excluding carboxylic acids is 2. The van der Waals surface area contributed by atoms with Crippen LogP contribution in [0.3, 0.4) is 0 Å². The van der Waals surface area contributed by atoms with Gasteiger partial charge in [-0.3, -0.25) is 14.6 Å². The lowest BCUT2D eigenvalue weighted by Gasteiger charge is -2.18. The second kappa shape index (κ2) is 11.7. The van der Waals surface area contributed by atoms with Crippen LogP contribution >= 0.6 is 24.0 Å². The summed E-state index contributed by atoms with van der Waals surface area (Å²) in [7, 11) is 1.63. The summed E-state index contributed by atoms with van der Waals surface area (Å²) in [6, 6.07) is 14.5. The Labute approximate surface area is 226 Å². The van der Waals surface area contributed by atoms with Crippen LogP contribution in [0.1, 0.15) is 42.4 Å². The van der Waals surface area contributed by atoms with Crippen LogP contribution in [0.25, 0.3) is 16.6 Å². The zero-order valence-corrected chi connectivity index (χ0v) is 22.6. The summed E-state index contributed by atoms with van der Waals surface area (Å²) in [6.45, 7) is 6.27. The van der Waals surface area contributed by atoms with E-state index in [1.54, 1.807) is 42.4 Å². The van der Waals surface area contributed by atoms with Crippen LogP contribution in [0.5, 0.6) is 0 Å². The van der Waals surface area contributed by atoms with E-state index >= 15 is 0 Å². The van der Waals surface area contributed by atoms with Gasteiger partial charge in [0.05, 0.1) is 52.2 Å². The molecule has 2 amide bonds. The summed E-state index contributed by atoms with van der Waals surface area (Å²) < 4.78 is 6.88. The largest absolute Gasteiger partial charge is 0.378 e. The lowest BCUT2D eigenvalue weighted by molar-refractivity contribution is -0.128. The average Bonchev–Trinajstić information content (AvgIpc) is 3.28. The molecule has 0 saturated carbocycles. The first-order chi connectivity index (χ1) is 17.2. The molecule has 10 heteroatoms. The van der Waals surface area contributed by atoms with Gasteiger partial charge in [0.2, 0.25) is 5.91 Å². The van der Waals surface area contributed by atoms with Crippen molar-refractivity contribution in [2.75, 3.05) is 12.4 Å². The van der Waals surface area contributed by atoms with Crippen LogP contribution in [0, 0.1) is 5.41 Å². The summed E-state index contributed by atoms with van der Waals surface area (Å²) in [6.07, 6.45) is 3.43. The van der Waals surface area contributed by atoms with E-state index in [0.29, 0.717) is 29.4 Å². The molecule has 0 aliphatic rings. The predicted octanol–water partition coefficient (Wildman–Crippen LogP) is 5.56. The first kappa shape index (κ1) is 28.1. The minimum atomic E-state index is -0.502. The van der Waals surface area contributed by atoms with Crippen LogP contribution in [-0.2, 0) is 22.7 Å². The molecule has 4 aromatic rings. The van der Waals surface area contributed by atoms with Crippen LogP contribution in [0.2, 0.25) is 5.02 Å². The quantitative estimate of drug-likeness (QED) is 0.319. The van der Waals surface area contributed by atoms with Crippen molar-refractivity contribution >= 4 is 52.4 Å². The van der Waals surface area contributed by atoms with Crippen LogP contribution in [0.15, 0.2) is 60.9 Å². The fourth-order valence-corrected chi connectivity index (χ4v) is 3.84. The first-order valence-electron chi connectivity index (χ1n) is 11.5. The van der Waals surface area contributed by atoms with Gasteiger partial charge in [-0.1, -0.05) is 44.5 Å². The summed E-state index contributed by atoms with van der Waals surface area (Å²) in [5.74, 6) is -0.425. The van der Waals surface area contributed by atoms with E-state index < -0.39 is 5.41 Å². The number of fused-ring (bicyclic) bond motifs is 1. The molecule has 0 aliphatic carbocycles. The van der Waals surface area contributed by atoms with E-state index in [-0.39, 0.29) is 24.2 Å². The zero-order valence-electron chi connectivity index (χ0n) is 21.0. The van der Waals surface area contributed by atoms with Crippen LogP contribution in [0.4, 0.5) is 5.69 Å². The number of pyridine rings is 1. The number of amides is 2. The van der Waals surface area contributed by atoms with E-state index in [1.807, 2.05) is 51.1 Å². The standard InChI is InChI=1S/C27H28ClN5O3.ClH/c1-27(2,3)26(35)30-13-17-8-11-22(28)20(12-17)25(34)32-23-6-5-7-24-21(23)15-31-33(24)19-10-9-18(16-36-4)29-14-19;/h5-12,14-15H,13,16H2,1-4H3,(H,30,35)(H,32,34);1H. The van der Waals surface area contributed by atoms with Gasteiger partial charge < -0.3 is 15.4 Å². The fraction of sp³-hybridized carbons (Fsp3) is 0.259. The summed E-state index contributed by atoms with van der Waals surface area (Å²) in [4.78, 5) is 29.8. The Morgan fingerprint density at radius 1 is 1.08 bits per heavy atom.